The molecule has 1 aromatic carbocycles. The predicted molar refractivity (Wildman–Crippen MR) is 121 cm³/mol. The van der Waals surface area contributed by atoms with Gasteiger partial charge in [-0.15, -0.1) is 24.0 Å². The number of nitrogens with one attached hydrogen (secondary N) is 2. The van der Waals surface area contributed by atoms with Gasteiger partial charge in [0.2, 0.25) is 5.89 Å². The number of morpholine rings is 1. The van der Waals surface area contributed by atoms with Crippen LogP contribution < -0.4 is 15.4 Å². The molecule has 3 rings (SSSR count). The highest BCUT2D eigenvalue weighted by Crippen LogP contribution is 2.23. The molecule has 29 heavy (non-hydrogen) atoms. The molecular formula is C19H29IN6O3. The Morgan fingerprint density at radius 2 is 1.97 bits per heavy atom. The van der Waals surface area contributed by atoms with E-state index < -0.39 is 0 Å². The number of hydrogen-bond donors (Lipinski definition) is 2. The van der Waals surface area contributed by atoms with Crippen LogP contribution >= 0.6 is 24.0 Å². The van der Waals surface area contributed by atoms with Gasteiger partial charge in [0.05, 0.1) is 32.9 Å². The third kappa shape index (κ3) is 6.82. The third-order valence-electron chi connectivity index (χ3n) is 4.66. The summed E-state index contributed by atoms with van der Waals surface area (Å²) in [5, 5.41) is 10.5. The fourth-order valence-corrected chi connectivity index (χ4v) is 3.16. The van der Waals surface area contributed by atoms with Gasteiger partial charge in [0.1, 0.15) is 5.75 Å². The molecule has 0 radical (unpaired) electrons. The van der Waals surface area contributed by atoms with E-state index in [9.17, 15) is 0 Å². The van der Waals surface area contributed by atoms with Gasteiger partial charge in [0.25, 0.3) is 0 Å². The monoisotopic (exact) mass is 516 g/mol. The van der Waals surface area contributed by atoms with Gasteiger partial charge in [-0.1, -0.05) is 17.3 Å². The number of aryl methyl sites for hydroxylation is 1. The van der Waals surface area contributed by atoms with Crippen LogP contribution in [0.15, 0.2) is 33.8 Å². The van der Waals surface area contributed by atoms with E-state index in [4.69, 9.17) is 14.0 Å². The lowest BCUT2D eigenvalue weighted by Gasteiger charge is -2.35. The zero-order chi connectivity index (χ0) is 19.8. The number of aromatic nitrogens is 2. The van der Waals surface area contributed by atoms with Crippen LogP contribution in [0, 0.1) is 6.92 Å². The Balaban J connectivity index is 0.00000300. The Labute approximate surface area is 188 Å². The van der Waals surface area contributed by atoms with E-state index in [2.05, 4.69) is 42.8 Å². The molecular weight excluding hydrogens is 487 g/mol. The van der Waals surface area contributed by atoms with E-state index in [1.165, 1.54) is 5.56 Å². The van der Waals surface area contributed by atoms with Gasteiger partial charge in [0, 0.05) is 33.6 Å². The van der Waals surface area contributed by atoms with Gasteiger partial charge in [-0.2, -0.15) is 4.98 Å². The van der Waals surface area contributed by atoms with Crippen molar-refractivity contribution in [2.24, 2.45) is 4.99 Å². The summed E-state index contributed by atoms with van der Waals surface area (Å²) in [6.07, 6.45) is 0. The molecule has 1 saturated heterocycles. The lowest BCUT2D eigenvalue weighted by atomic mass is 10.0. The van der Waals surface area contributed by atoms with Crippen LogP contribution in [-0.2, 0) is 11.3 Å². The van der Waals surface area contributed by atoms with Crippen molar-refractivity contribution in [2.75, 3.05) is 47.0 Å². The Morgan fingerprint density at radius 3 is 2.55 bits per heavy atom. The van der Waals surface area contributed by atoms with Gasteiger partial charge >= 0.3 is 0 Å². The molecule has 10 heteroatoms. The third-order valence-corrected chi connectivity index (χ3v) is 4.66. The van der Waals surface area contributed by atoms with Crippen LogP contribution in [0.1, 0.15) is 23.3 Å². The summed E-state index contributed by atoms with van der Waals surface area (Å²) < 4.78 is 15.8. The lowest BCUT2D eigenvalue weighted by molar-refractivity contribution is 0.0170. The van der Waals surface area contributed by atoms with Crippen molar-refractivity contribution in [2.45, 2.75) is 19.5 Å². The molecule has 1 aliphatic heterocycles. The normalized spacial score (nSPS) is 16.0. The van der Waals surface area contributed by atoms with Crippen LogP contribution in [0.4, 0.5) is 0 Å². The number of hydrogen-bond acceptors (Lipinski definition) is 7. The Morgan fingerprint density at radius 1 is 1.24 bits per heavy atom. The highest BCUT2D eigenvalue weighted by Gasteiger charge is 2.23. The van der Waals surface area contributed by atoms with Crippen LogP contribution in [0.2, 0.25) is 0 Å². The fraction of sp³-hybridized carbons (Fsp3) is 0.526. The van der Waals surface area contributed by atoms with Crippen LogP contribution in [0.3, 0.4) is 0 Å². The summed E-state index contributed by atoms with van der Waals surface area (Å²) in [6, 6.07) is 8.40. The van der Waals surface area contributed by atoms with E-state index in [-0.39, 0.29) is 30.0 Å². The summed E-state index contributed by atoms with van der Waals surface area (Å²) in [7, 11) is 3.42. The molecule has 2 N–H and O–H groups in total. The molecule has 0 spiro atoms. The lowest BCUT2D eigenvalue weighted by Crippen LogP contribution is -2.46. The molecule has 9 nitrogen and oxygen atoms in total. The number of nitrogens with zero attached hydrogens (tertiary/aromatic N) is 4. The molecule has 0 aliphatic carbocycles. The fourth-order valence-electron chi connectivity index (χ4n) is 3.16. The highest BCUT2D eigenvalue weighted by atomic mass is 127. The van der Waals surface area contributed by atoms with E-state index in [0.29, 0.717) is 30.8 Å². The summed E-state index contributed by atoms with van der Waals surface area (Å²) in [6.45, 7) is 6.21. The number of halogens is 1. The van der Waals surface area contributed by atoms with Gasteiger partial charge in [-0.3, -0.25) is 9.89 Å². The number of benzene rings is 1. The summed E-state index contributed by atoms with van der Waals surface area (Å²) in [5.74, 6) is 2.69. The SMILES string of the molecule is CN=C(NCc1noc(C)n1)NCC(c1ccc(OC)cc1)N1CCOCC1.I. The molecule has 1 atom stereocenters. The van der Waals surface area contributed by atoms with E-state index >= 15 is 0 Å². The quantitative estimate of drug-likeness (QED) is 0.327. The van der Waals surface area contributed by atoms with Crippen LogP contribution in [-0.4, -0.2) is 68.0 Å². The maximum absolute atomic E-state index is 5.52. The average molecular weight is 516 g/mol. The zero-order valence-corrected chi connectivity index (χ0v) is 19.4. The van der Waals surface area contributed by atoms with Crippen molar-refractivity contribution in [3.8, 4) is 5.75 Å². The van der Waals surface area contributed by atoms with E-state index in [1.807, 2.05) is 12.1 Å². The Hall–Kier alpha value is -1.92. The first kappa shape index (κ1) is 23.4. The molecule has 0 amide bonds. The van der Waals surface area contributed by atoms with Crippen LogP contribution in [0.5, 0.6) is 5.75 Å². The molecule has 2 aromatic rings. The van der Waals surface area contributed by atoms with Gasteiger partial charge in [-0.05, 0) is 17.7 Å². The topological polar surface area (TPSA) is 97.0 Å². The summed E-state index contributed by atoms with van der Waals surface area (Å²) in [5.41, 5.74) is 1.22. The Kier molecular flexibility index (Phi) is 9.61. The first-order valence-electron chi connectivity index (χ1n) is 9.39. The van der Waals surface area contributed by atoms with Crippen molar-refractivity contribution in [3.05, 3.63) is 41.5 Å². The van der Waals surface area contributed by atoms with Gasteiger partial charge in [-0.25, -0.2) is 0 Å². The number of rotatable bonds is 7. The van der Waals surface area contributed by atoms with Crippen molar-refractivity contribution in [1.82, 2.24) is 25.7 Å². The zero-order valence-electron chi connectivity index (χ0n) is 17.1. The standard InChI is InChI=1S/C19H28N6O3.HI/c1-14-23-18(24-28-14)13-22-19(20-2)21-12-17(25-8-10-27-11-9-25)15-4-6-16(26-3)7-5-15;/h4-7,17H,8-13H2,1-3H3,(H2,20,21,22);1H. The molecule has 1 aromatic heterocycles. The van der Waals surface area contributed by atoms with E-state index in [1.54, 1.807) is 21.1 Å². The van der Waals surface area contributed by atoms with Crippen LogP contribution in [0.25, 0.3) is 0 Å². The van der Waals surface area contributed by atoms with Crippen molar-refractivity contribution in [3.63, 3.8) is 0 Å². The van der Waals surface area contributed by atoms with Gasteiger partial charge in [0.15, 0.2) is 11.8 Å². The molecule has 1 aliphatic rings. The minimum absolute atomic E-state index is 0. The first-order valence-corrected chi connectivity index (χ1v) is 9.39. The minimum atomic E-state index is 0. The molecule has 0 saturated carbocycles. The first-order chi connectivity index (χ1) is 13.7. The predicted octanol–water partition coefficient (Wildman–Crippen LogP) is 1.74. The second-order valence-electron chi connectivity index (χ2n) is 6.47. The second kappa shape index (κ2) is 11.9. The number of methoxy groups -OCH3 is 1. The Bertz CT molecular complexity index is 762. The number of ether oxygens (including phenoxy) is 2. The molecule has 160 valence electrons. The molecule has 1 fully saturated rings. The molecule has 0 bridgehead atoms. The number of aliphatic imine (C=N–C) groups is 1. The van der Waals surface area contributed by atoms with E-state index in [0.717, 1.165) is 32.1 Å². The number of guanidine groups is 1. The maximum atomic E-state index is 5.52. The molecule has 2 heterocycles. The average Bonchev–Trinajstić information content (AvgIpc) is 3.16. The summed E-state index contributed by atoms with van der Waals surface area (Å²) in [4.78, 5) is 10.9. The smallest absolute Gasteiger partial charge is 0.223 e. The largest absolute Gasteiger partial charge is 0.497 e. The maximum Gasteiger partial charge on any atom is 0.223 e. The minimum Gasteiger partial charge on any atom is -0.497 e. The van der Waals surface area contributed by atoms with Crippen molar-refractivity contribution in [1.29, 1.82) is 0 Å². The summed E-state index contributed by atoms with van der Waals surface area (Å²) >= 11 is 0. The highest BCUT2D eigenvalue weighted by molar-refractivity contribution is 14.0. The second-order valence-corrected chi connectivity index (χ2v) is 6.47. The van der Waals surface area contributed by atoms with Crippen molar-refractivity contribution < 1.29 is 14.0 Å². The van der Waals surface area contributed by atoms with Crippen molar-refractivity contribution >= 4 is 29.9 Å². The van der Waals surface area contributed by atoms with Gasteiger partial charge < -0.3 is 24.6 Å². The molecule has 1 unspecified atom stereocenters.